The third-order valence-corrected chi connectivity index (χ3v) is 5.15. The fourth-order valence-electron chi connectivity index (χ4n) is 3.09. The molecular formula is C21H18ClF3N2O4. The van der Waals surface area contributed by atoms with Gasteiger partial charge in [-0.3, -0.25) is 14.4 Å². The summed E-state index contributed by atoms with van der Waals surface area (Å²) in [6.07, 6.45) is -4.63. The van der Waals surface area contributed by atoms with E-state index in [1.807, 2.05) is 6.92 Å². The lowest BCUT2D eigenvalue weighted by Crippen LogP contribution is -2.28. The zero-order chi connectivity index (χ0) is 22.8. The molecule has 2 amide bonds. The summed E-state index contributed by atoms with van der Waals surface area (Å²) < 4.78 is 43.2. The predicted octanol–water partition coefficient (Wildman–Crippen LogP) is 4.20. The number of amides is 2. The van der Waals surface area contributed by atoms with E-state index in [1.54, 1.807) is 18.2 Å². The van der Waals surface area contributed by atoms with Crippen LogP contribution in [0.3, 0.4) is 0 Å². The van der Waals surface area contributed by atoms with Gasteiger partial charge in [0.1, 0.15) is 0 Å². The monoisotopic (exact) mass is 454 g/mol. The summed E-state index contributed by atoms with van der Waals surface area (Å²) in [5.74, 6) is -2.59. The number of alkyl halides is 3. The minimum atomic E-state index is -4.55. The Hall–Kier alpha value is -3.07. The van der Waals surface area contributed by atoms with Gasteiger partial charge in [-0.1, -0.05) is 23.7 Å². The van der Waals surface area contributed by atoms with E-state index in [0.29, 0.717) is 10.7 Å². The zero-order valence-electron chi connectivity index (χ0n) is 16.3. The van der Waals surface area contributed by atoms with Crippen molar-refractivity contribution in [3.8, 4) is 0 Å². The Morgan fingerprint density at radius 1 is 1.23 bits per heavy atom. The van der Waals surface area contributed by atoms with Gasteiger partial charge >= 0.3 is 12.1 Å². The molecular weight excluding hydrogens is 437 g/mol. The number of rotatable bonds is 5. The smallest absolute Gasteiger partial charge is 0.416 e. The quantitative estimate of drug-likeness (QED) is 0.687. The van der Waals surface area contributed by atoms with Crippen molar-refractivity contribution in [1.82, 2.24) is 0 Å². The van der Waals surface area contributed by atoms with Crippen LogP contribution in [0.1, 0.15) is 17.5 Å². The van der Waals surface area contributed by atoms with Crippen molar-refractivity contribution in [3.63, 3.8) is 0 Å². The SMILES string of the molecule is Cc1ccc(N2C[C@H](C(=O)OCC(=O)Nc3cccc(C(F)(F)F)c3)CC2=O)cc1Cl. The fraction of sp³-hybridized carbons (Fsp3) is 0.286. The number of nitrogens with one attached hydrogen (secondary N) is 1. The minimum absolute atomic E-state index is 0.0747. The molecule has 2 aromatic carbocycles. The Morgan fingerprint density at radius 2 is 1.97 bits per heavy atom. The Kier molecular flexibility index (Phi) is 6.54. The van der Waals surface area contributed by atoms with E-state index >= 15 is 0 Å². The van der Waals surface area contributed by atoms with Gasteiger partial charge in [0, 0.05) is 29.4 Å². The van der Waals surface area contributed by atoms with Crippen LogP contribution in [0.5, 0.6) is 0 Å². The first-order valence-electron chi connectivity index (χ1n) is 9.25. The molecule has 1 heterocycles. The Morgan fingerprint density at radius 3 is 2.65 bits per heavy atom. The summed E-state index contributed by atoms with van der Waals surface area (Å²) in [5, 5.41) is 2.74. The van der Waals surface area contributed by atoms with Crippen molar-refractivity contribution >= 4 is 40.8 Å². The van der Waals surface area contributed by atoms with Gasteiger partial charge in [-0.2, -0.15) is 13.2 Å². The molecule has 10 heteroatoms. The molecule has 1 saturated heterocycles. The topological polar surface area (TPSA) is 75.7 Å². The summed E-state index contributed by atoms with van der Waals surface area (Å²) in [5.41, 5.74) is 0.412. The van der Waals surface area contributed by atoms with Crippen molar-refractivity contribution in [1.29, 1.82) is 0 Å². The third-order valence-electron chi connectivity index (χ3n) is 4.74. The number of hydrogen-bond donors (Lipinski definition) is 1. The molecule has 0 radical (unpaired) electrons. The fourth-order valence-corrected chi connectivity index (χ4v) is 3.26. The molecule has 1 N–H and O–H groups in total. The van der Waals surface area contributed by atoms with Crippen LogP contribution in [0.25, 0.3) is 0 Å². The maximum Gasteiger partial charge on any atom is 0.416 e. The van der Waals surface area contributed by atoms with E-state index in [4.69, 9.17) is 16.3 Å². The molecule has 0 aromatic heterocycles. The number of carbonyl (C=O) groups is 3. The van der Waals surface area contributed by atoms with Crippen LogP contribution in [0.2, 0.25) is 5.02 Å². The molecule has 0 bridgehead atoms. The third kappa shape index (κ3) is 5.55. The molecule has 1 fully saturated rings. The van der Waals surface area contributed by atoms with Crippen molar-refractivity contribution in [2.45, 2.75) is 19.5 Å². The van der Waals surface area contributed by atoms with E-state index in [0.717, 1.165) is 23.8 Å². The Bertz CT molecular complexity index is 1030. The molecule has 31 heavy (non-hydrogen) atoms. The van der Waals surface area contributed by atoms with Gasteiger partial charge in [0.2, 0.25) is 5.91 Å². The lowest BCUT2D eigenvalue weighted by Gasteiger charge is -2.17. The first kappa shape index (κ1) is 22.6. The summed E-state index contributed by atoms with van der Waals surface area (Å²) >= 11 is 6.09. The predicted molar refractivity (Wildman–Crippen MR) is 108 cm³/mol. The van der Waals surface area contributed by atoms with Gasteiger partial charge in [0.25, 0.3) is 5.91 Å². The molecule has 1 atom stereocenters. The second-order valence-electron chi connectivity index (χ2n) is 7.07. The molecule has 0 aliphatic carbocycles. The first-order chi connectivity index (χ1) is 14.5. The Labute approximate surface area is 180 Å². The van der Waals surface area contributed by atoms with Gasteiger partial charge in [0.15, 0.2) is 6.61 Å². The summed E-state index contributed by atoms with van der Waals surface area (Å²) in [7, 11) is 0. The molecule has 0 saturated carbocycles. The number of halogens is 4. The van der Waals surface area contributed by atoms with Gasteiger partial charge in [0.05, 0.1) is 11.5 Å². The van der Waals surface area contributed by atoms with E-state index in [9.17, 15) is 27.6 Å². The van der Waals surface area contributed by atoms with E-state index in [2.05, 4.69) is 5.32 Å². The van der Waals surface area contributed by atoms with Crippen molar-refractivity contribution < 1.29 is 32.3 Å². The van der Waals surface area contributed by atoms with Gasteiger partial charge in [-0.05, 0) is 42.8 Å². The molecule has 0 unspecified atom stereocenters. The lowest BCUT2D eigenvalue weighted by molar-refractivity contribution is -0.151. The largest absolute Gasteiger partial charge is 0.455 e. The van der Waals surface area contributed by atoms with Crippen LogP contribution in [-0.4, -0.2) is 30.9 Å². The molecule has 164 valence electrons. The summed E-state index contributed by atoms with van der Waals surface area (Å²) in [6, 6.07) is 9.20. The highest BCUT2D eigenvalue weighted by atomic mass is 35.5. The normalized spacial score (nSPS) is 16.4. The number of anilines is 2. The lowest BCUT2D eigenvalue weighted by atomic mass is 10.1. The number of esters is 1. The molecule has 2 aromatic rings. The number of benzene rings is 2. The maximum atomic E-state index is 12.7. The van der Waals surface area contributed by atoms with Crippen LogP contribution >= 0.6 is 11.6 Å². The highest BCUT2D eigenvalue weighted by Crippen LogP contribution is 2.31. The second kappa shape index (κ2) is 8.97. The molecule has 0 spiro atoms. The van der Waals surface area contributed by atoms with Crippen molar-refractivity contribution in [3.05, 3.63) is 58.6 Å². The first-order valence-corrected chi connectivity index (χ1v) is 9.62. The average molecular weight is 455 g/mol. The molecule has 3 rings (SSSR count). The van der Waals surface area contributed by atoms with Crippen molar-refractivity contribution in [2.24, 2.45) is 5.92 Å². The van der Waals surface area contributed by atoms with Crippen LogP contribution in [0.15, 0.2) is 42.5 Å². The van der Waals surface area contributed by atoms with Crippen LogP contribution < -0.4 is 10.2 Å². The van der Waals surface area contributed by atoms with Gasteiger partial charge < -0.3 is 15.0 Å². The van der Waals surface area contributed by atoms with Crippen molar-refractivity contribution in [2.75, 3.05) is 23.4 Å². The minimum Gasteiger partial charge on any atom is -0.455 e. The van der Waals surface area contributed by atoms with E-state index < -0.39 is 36.1 Å². The summed E-state index contributed by atoms with van der Waals surface area (Å²) in [6.45, 7) is 1.21. The van der Waals surface area contributed by atoms with Gasteiger partial charge in [-0.15, -0.1) is 0 Å². The zero-order valence-corrected chi connectivity index (χ0v) is 17.1. The average Bonchev–Trinajstić information content (AvgIpc) is 3.09. The highest BCUT2D eigenvalue weighted by Gasteiger charge is 2.36. The summed E-state index contributed by atoms with van der Waals surface area (Å²) in [4.78, 5) is 37.9. The maximum absolute atomic E-state index is 12.7. The van der Waals surface area contributed by atoms with Crippen LogP contribution in [0, 0.1) is 12.8 Å². The second-order valence-corrected chi connectivity index (χ2v) is 7.48. The number of carbonyl (C=O) groups excluding carboxylic acids is 3. The number of ether oxygens (including phenoxy) is 1. The van der Waals surface area contributed by atoms with E-state index in [1.165, 1.54) is 11.0 Å². The molecule has 1 aliphatic rings. The van der Waals surface area contributed by atoms with Crippen LogP contribution in [0.4, 0.5) is 24.5 Å². The number of hydrogen-bond acceptors (Lipinski definition) is 4. The van der Waals surface area contributed by atoms with E-state index in [-0.39, 0.29) is 24.6 Å². The van der Waals surface area contributed by atoms with Crippen LogP contribution in [-0.2, 0) is 25.3 Å². The Balaban J connectivity index is 1.54. The standard InChI is InChI=1S/C21H18ClF3N2O4/c1-12-5-6-16(9-17(12)22)27-10-13(7-19(27)29)20(30)31-11-18(28)26-15-4-2-3-14(8-15)21(23,24)25/h2-6,8-9,13H,7,10-11H2,1H3,(H,26,28)/t13-/m1/s1. The molecule has 1 aliphatic heterocycles. The highest BCUT2D eigenvalue weighted by molar-refractivity contribution is 6.31. The molecule has 6 nitrogen and oxygen atoms in total. The number of nitrogens with zero attached hydrogens (tertiary/aromatic N) is 1. The van der Waals surface area contributed by atoms with Gasteiger partial charge in [-0.25, -0.2) is 0 Å². The number of aryl methyl sites for hydroxylation is 1.